The first-order chi connectivity index (χ1) is 69.9. The Kier molecular flexibility index (Phi) is 38.2. The number of carbonyl (C=O) groups excluding carboxylic acids is 3. The molecule has 14 rings (SSSR count). The van der Waals surface area contributed by atoms with Gasteiger partial charge in [-0.2, -0.15) is 0 Å². The zero-order valence-electron chi connectivity index (χ0n) is 85.6. The van der Waals surface area contributed by atoms with E-state index in [1.165, 1.54) is 32.9 Å². The van der Waals surface area contributed by atoms with Crippen molar-refractivity contribution in [2.24, 2.45) is 50.2 Å². The molecule has 0 radical (unpaired) electrons. The van der Waals surface area contributed by atoms with Crippen molar-refractivity contribution < 1.29 is 242 Å². The lowest BCUT2D eigenvalue weighted by Gasteiger charge is -2.72. The Morgan fingerprint density at radius 1 is 0.436 bits per heavy atom. The molecule has 53 atom stereocenters. The summed E-state index contributed by atoms with van der Waals surface area (Å²) in [5.41, 5.74) is -8.39. The predicted molar refractivity (Wildman–Crippen MR) is 499 cm³/mol. The smallest absolute Gasteiger partial charge is 0.333 e. The fourth-order valence-electron chi connectivity index (χ4n) is 25.1. The predicted octanol–water partition coefficient (Wildman–Crippen LogP) is -6.96. The third kappa shape index (κ3) is 23.5. The quantitative estimate of drug-likeness (QED) is 0.00922. The SMILES string of the molecule is C=C[C@@](C)(O)CC/C=C(\C)C(=O)O[C@@H]1CO[C@@H](O[C@](C)(C=C)CC/C=C(\C)C(=O)O[C@H]2C[C@]3(C(=O)O[C@@H]4O[C@H](CO)[C@@H](O)[C@H](O)[C@H]4O[C@@H]4O[C@@H](C)[C@H](O[C@@H]5O[C@@H](CO)[C@H](O)[C@H]5O)[C@@H](O[C@@H]5O[C@H](CO)[C@@H](O)[C@H](O)[C@H]5O)[C@H]4O)[C@H](O)C[C@]4(C)C(=CC[C@@H]5[C@@]6(C)CC[C@H](O[C@@H]7O[C@H](CO[C@@H]8OC[C@H](O)[C@H](O)[C@H]8O[C@@H]8OC[C@H](O)[C@H](O)[C@H]8O)[C@@H](O)[C@H](O)[C@H]7O[C@@H]7O[C@H](CO)[C@@H](O)[C@H](O)[C@H]7O)C(C)(C)C6CC[C@]54C)[C@@H]3CC2(C)C)[C@H](O)[C@H]1O. The highest BCUT2D eigenvalue weighted by Crippen LogP contribution is 2.77. The van der Waals surface area contributed by atoms with Gasteiger partial charge in [-0.15, -0.1) is 13.2 Å². The minimum Gasteiger partial charge on any atom is -0.458 e. The van der Waals surface area contributed by atoms with Gasteiger partial charge in [0.15, 0.2) is 62.5 Å². The van der Waals surface area contributed by atoms with Crippen LogP contribution in [0.25, 0.3) is 0 Å². The molecular weight excluding hydrogens is 1990 g/mol. The van der Waals surface area contributed by atoms with Crippen LogP contribution in [0.15, 0.2) is 60.3 Å². The van der Waals surface area contributed by atoms with E-state index < -0.39 is 397 Å². The van der Waals surface area contributed by atoms with Crippen LogP contribution in [0.3, 0.4) is 0 Å². The van der Waals surface area contributed by atoms with Crippen LogP contribution < -0.4 is 0 Å². The second-order valence-corrected chi connectivity index (χ2v) is 45.3. The van der Waals surface area contributed by atoms with Gasteiger partial charge in [0.2, 0.25) is 6.29 Å². The first-order valence-electron chi connectivity index (χ1n) is 51.3. The Labute approximate surface area is 861 Å². The molecule has 0 bridgehead atoms. The van der Waals surface area contributed by atoms with Crippen LogP contribution in [-0.4, -0.2) is 485 Å². The summed E-state index contributed by atoms with van der Waals surface area (Å²) in [6, 6.07) is 0. The molecule has 149 heavy (non-hydrogen) atoms. The number of fused-ring (bicyclic) bond motifs is 7. The summed E-state index contributed by atoms with van der Waals surface area (Å²) in [4.78, 5) is 45.1. The third-order valence-corrected chi connectivity index (χ3v) is 34.9. The molecule has 0 aromatic carbocycles. The van der Waals surface area contributed by atoms with E-state index in [1.54, 1.807) is 26.0 Å². The fraction of sp³-hybridized carbons (Fsp3) is 0.870. The number of hydrogen-bond donors (Lipinski definition) is 26. The summed E-state index contributed by atoms with van der Waals surface area (Å²) in [5.74, 6) is -4.54. The Morgan fingerprint density at radius 3 is 1.47 bits per heavy atom. The number of aliphatic hydroxyl groups excluding tert-OH is 25. The van der Waals surface area contributed by atoms with Crippen molar-refractivity contribution in [3.8, 4) is 0 Å². The average molecular weight is 2140 g/mol. The molecule has 9 aliphatic heterocycles. The van der Waals surface area contributed by atoms with Gasteiger partial charge in [0.25, 0.3) is 0 Å². The van der Waals surface area contributed by atoms with Crippen molar-refractivity contribution in [1.82, 2.24) is 0 Å². The number of esters is 3. The highest BCUT2D eigenvalue weighted by Gasteiger charge is 2.75. The van der Waals surface area contributed by atoms with Crippen molar-refractivity contribution in [2.45, 2.75) is 442 Å². The maximum atomic E-state index is 16.9. The molecule has 4 saturated carbocycles. The molecule has 1 unspecified atom stereocenters. The van der Waals surface area contributed by atoms with Gasteiger partial charge in [-0.05, 0) is 145 Å². The van der Waals surface area contributed by atoms with Gasteiger partial charge in [-0.25, -0.2) is 9.59 Å². The summed E-state index contributed by atoms with van der Waals surface area (Å²) < 4.78 is 122. The van der Waals surface area contributed by atoms with Crippen LogP contribution in [-0.2, 0) is 109 Å². The number of allylic oxidation sites excluding steroid dienone is 4. The molecule has 13 fully saturated rings. The lowest BCUT2D eigenvalue weighted by Crippen LogP contribution is -2.70. The average Bonchev–Trinajstić information content (AvgIpc) is 0.900. The van der Waals surface area contributed by atoms with E-state index in [2.05, 4.69) is 33.1 Å². The van der Waals surface area contributed by atoms with Gasteiger partial charge in [-0.1, -0.05) is 84.4 Å². The van der Waals surface area contributed by atoms with Gasteiger partial charge in [-0.3, -0.25) is 4.79 Å². The Balaban J connectivity index is 0.752. The largest absolute Gasteiger partial charge is 0.458 e. The molecule has 9 heterocycles. The van der Waals surface area contributed by atoms with Crippen LogP contribution >= 0.6 is 0 Å². The van der Waals surface area contributed by atoms with Crippen LogP contribution in [0.5, 0.6) is 0 Å². The maximum Gasteiger partial charge on any atom is 0.333 e. The standard InChI is InChI=1S/C100H158O49/c1-15-95(10,129)25-17-19-40(3)81(126)135-51-38-132-84(71(121)65(51)115)149-96(11,16-2)26-18-20-41(4)82(127)141-57-31-100(92(128)148-91-80(68(118)62(112)49(34-103)139-91)147-88-75(125)77(144-86-73(123)66(116)60(110)47(32-101)136-86)76(42(5)134-88)143-85-72(122)63(113)50(35-104)138-85)44(29-93(57,6)7)43-21-22-54-97(12)27-24-56(94(8,9)53(97)23-28-98(54,13)99(43,14)30-55(100)107)142-90-79(146-87-74(124)67(117)61(111)48(33-102)137-87)69(119)64(114)52(140-90)39-133-89-78(59(109)46(106)37-131-89)145-83-70(120)58(108)45(105)36-130-83/h15-16,19-21,42,44-80,83-91,101-125,129H,1-2,17-18,22-39H2,3-14H3/b40-19+,41-20+/t42-,44-,45-,46-,47+,48+,49+,50-,51+,52+,53?,54+,55+,56-,57-,58-,59-,60+,61+,62+,63-,64+,65-,66-,67-,68-,69-,70+,71+,72+,73+,74+,75+,76-,77-,78+,79+,80+,83-,84-,85-,86-,87-,88-,89-,90-,91-,95+,96+,97-,98+,99+,100+/m0/s1. The van der Waals surface area contributed by atoms with Gasteiger partial charge in [0, 0.05) is 23.0 Å². The van der Waals surface area contributed by atoms with Gasteiger partial charge in [0.05, 0.1) is 82.4 Å². The molecule has 0 spiro atoms. The number of aliphatic hydroxyl groups is 26. The molecule has 9 saturated heterocycles. The Bertz CT molecular complexity index is 4580. The van der Waals surface area contributed by atoms with E-state index in [1.807, 2.05) is 34.6 Å². The molecule has 5 aliphatic carbocycles. The third-order valence-electron chi connectivity index (χ3n) is 34.9. The lowest BCUT2D eigenvalue weighted by molar-refractivity contribution is -0.390. The van der Waals surface area contributed by atoms with Gasteiger partial charge < -0.3 is 228 Å². The van der Waals surface area contributed by atoms with Crippen molar-refractivity contribution in [3.63, 3.8) is 0 Å². The van der Waals surface area contributed by atoms with Crippen molar-refractivity contribution in [1.29, 1.82) is 0 Å². The van der Waals surface area contributed by atoms with E-state index in [9.17, 15) is 138 Å². The molecular formula is C100H158O49. The topological polar surface area (TPSA) is 762 Å². The van der Waals surface area contributed by atoms with Crippen LogP contribution in [0, 0.1) is 50.2 Å². The minimum atomic E-state index is -2.30. The zero-order valence-corrected chi connectivity index (χ0v) is 85.6. The van der Waals surface area contributed by atoms with E-state index in [0.29, 0.717) is 31.3 Å². The highest BCUT2D eigenvalue weighted by atomic mass is 16.8. The van der Waals surface area contributed by atoms with Crippen LogP contribution in [0.4, 0.5) is 0 Å². The molecule has 0 aromatic heterocycles. The van der Waals surface area contributed by atoms with E-state index >= 15 is 9.59 Å². The molecule has 14 aliphatic rings. The molecule has 49 heteroatoms. The maximum absolute atomic E-state index is 16.9. The van der Waals surface area contributed by atoms with Crippen LogP contribution in [0.2, 0.25) is 0 Å². The summed E-state index contributed by atoms with van der Waals surface area (Å²) in [6.07, 6.45) is -69.5. The lowest BCUT2D eigenvalue weighted by atomic mass is 9.33. The minimum absolute atomic E-state index is 0.0413. The normalized spacial score (nSPS) is 48.9. The fourth-order valence-corrected chi connectivity index (χ4v) is 25.1. The molecule has 26 N–H and O–H groups in total. The molecule has 49 nitrogen and oxygen atoms in total. The second-order valence-electron chi connectivity index (χ2n) is 45.3. The van der Waals surface area contributed by atoms with Gasteiger partial charge in [0.1, 0.15) is 189 Å². The summed E-state index contributed by atoms with van der Waals surface area (Å²) in [5, 5.41) is 292. The van der Waals surface area contributed by atoms with Crippen molar-refractivity contribution >= 4 is 17.9 Å². The van der Waals surface area contributed by atoms with E-state index in [0.717, 1.165) is 0 Å². The highest BCUT2D eigenvalue weighted by molar-refractivity contribution is 5.88. The Morgan fingerprint density at radius 2 is 0.899 bits per heavy atom. The summed E-state index contributed by atoms with van der Waals surface area (Å²) in [7, 11) is 0. The van der Waals surface area contributed by atoms with E-state index in [-0.39, 0.29) is 67.9 Å². The number of hydrogen-bond acceptors (Lipinski definition) is 49. The number of ether oxygens (including phenoxy) is 20. The molecule has 852 valence electrons. The molecule has 0 amide bonds. The van der Waals surface area contributed by atoms with Crippen molar-refractivity contribution in [2.75, 3.05) is 52.9 Å². The first-order valence-corrected chi connectivity index (χ1v) is 51.3. The van der Waals surface area contributed by atoms with Crippen molar-refractivity contribution in [3.05, 3.63) is 60.3 Å². The zero-order chi connectivity index (χ0) is 109. The number of carbonyl (C=O) groups is 3. The number of rotatable bonds is 35. The first kappa shape index (κ1) is 120. The van der Waals surface area contributed by atoms with Crippen LogP contribution in [0.1, 0.15) is 160 Å². The Hall–Kier alpha value is -4.61. The summed E-state index contributed by atoms with van der Waals surface area (Å²) >= 11 is 0. The summed E-state index contributed by atoms with van der Waals surface area (Å²) in [6.45, 7) is 23.2. The monoisotopic (exact) mass is 2140 g/mol. The second kappa shape index (κ2) is 47.5. The molecule has 0 aromatic rings. The van der Waals surface area contributed by atoms with Gasteiger partial charge >= 0.3 is 17.9 Å². The van der Waals surface area contributed by atoms with E-state index in [4.69, 9.17) is 94.7 Å².